The highest BCUT2D eigenvalue weighted by molar-refractivity contribution is 8.26. The molecule has 0 saturated heterocycles. The summed E-state index contributed by atoms with van der Waals surface area (Å²) in [6, 6.07) is 0. The largest absolute Gasteiger partial charge is 1.00 e. The zero-order chi connectivity index (χ0) is 13.8. The molecule has 0 spiro atoms. The van der Waals surface area contributed by atoms with Crippen molar-refractivity contribution in [1.82, 2.24) is 4.98 Å². The molecule has 2 rings (SSSR count). The molecule has 2 aromatic rings. The van der Waals surface area contributed by atoms with Crippen LogP contribution in [0.2, 0.25) is 0 Å². The van der Waals surface area contributed by atoms with Gasteiger partial charge in [-0.25, -0.2) is 14.2 Å². The smallest absolute Gasteiger partial charge is 0.250 e. The summed E-state index contributed by atoms with van der Waals surface area (Å²) >= 11 is 8.54. The van der Waals surface area contributed by atoms with E-state index in [2.05, 4.69) is 31.3 Å². The fourth-order valence-electron chi connectivity index (χ4n) is 0.678. The standard InChI is InChI=1S/C4H4ClNS.C4H5NOS.Cl2OS.ClH/c5-3-4-6-1-2-7-4;6-3-4-5-1-2-7-4;1-4(2)3;/h1-2H,3H2;1-2,6H,3H2;;1H. The van der Waals surface area contributed by atoms with Crippen LogP contribution >= 0.6 is 55.6 Å². The summed E-state index contributed by atoms with van der Waals surface area (Å²) in [5.74, 6) is 0.595. The summed E-state index contributed by atoms with van der Waals surface area (Å²) in [4.78, 5) is 6.78. The number of halogens is 4. The quantitative estimate of drug-likeness (QED) is 0.566. The molecule has 4 nitrogen and oxygen atoms in total. The Hall–Kier alpha value is 0.530. The van der Waals surface area contributed by atoms with Gasteiger partial charge in [0.25, 0.3) is 5.01 Å². The average Bonchev–Trinajstić information content (AvgIpc) is 3.02. The number of aromatic amines is 1. The van der Waals surface area contributed by atoms with Crippen LogP contribution in [0, 0.1) is 0 Å². The van der Waals surface area contributed by atoms with Gasteiger partial charge in [0, 0.05) is 32.9 Å². The molecule has 19 heavy (non-hydrogen) atoms. The summed E-state index contributed by atoms with van der Waals surface area (Å²) in [7, 11) is 7.36. The maximum absolute atomic E-state index is 9.09. The molecule has 2 heterocycles. The van der Waals surface area contributed by atoms with Crippen LogP contribution in [-0.4, -0.2) is 14.3 Å². The predicted molar refractivity (Wildman–Crippen MR) is 78.3 cm³/mol. The topological polar surface area (TPSA) is 64.3 Å². The van der Waals surface area contributed by atoms with E-state index in [1.807, 2.05) is 17.0 Å². The lowest BCUT2D eigenvalue weighted by Gasteiger charge is -1.77. The zero-order valence-electron chi connectivity index (χ0n) is 9.26. The van der Waals surface area contributed by atoms with Crippen LogP contribution in [0.4, 0.5) is 0 Å². The Bertz CT molecular complexity index is 375. The van der Waals surface area contributed by atoms with E-state index in [0.717, 1.165) is 10.0 Å². The first-order chi connectivity index (χ1) is 8.60. The van der Waals surface area contributed by atoms with Gasteiger partial charge >= 0.3 is 0 Å². The Labute approximate surface area is 141 Å². The molecule has 0 amide bonds. The third-order valence-electron chi connectivity index (χ3n) is 1.26. The van der Waals surface area contributed by atoms with Crippen molar-refractivity contribution in [2.75, 3.05) is 0 Å². The summed E-state index contributed by atoms with van der Waals surface area (Å²) in [6.45, 7) is 0.0671. The molecule has 0 radical (unpaired) electrons. The molecule has 0 saturated carbocycles. The van der Waals surface area contributed by atoms with Gasteiger partial charge in [0.15, 0.2) is 6.20 Å². The second-order valence-electron chi connectivity index (χ2n) is 2.39. The van der Waals surface area contributed by atoms with Crippen molar-refractivity contribution in [2.45, 2.75) is 12.5 Å². The van der Waals surface area contributed by atoms with Gasteiger partial charge < -0.3 is 17.5 Å². The third-order valence-corrected chi connectivity index (χ3v) is 3.27. The van der Waals surface area contributed by atoms with Crippen molar-refractivity contribution in [3.05, 3.63) is 33.2 Å². The van der Waals surface area contributed by atoms with Crippen LogP contribution in [0.15, 0.2) is 23.2 Å². The lowest BCUT2D eigenvalue weighted by Crippen LogP contribution is -3.00. The van der Waals surface area contributed by atoms with Crippen LogP contribution in [0.1, 0.15) is 10.0 Å². The van der Waals surface area contributed by atoms with Crippen molar-refractivity contribution in [3.8, 4) is 0 Å². The lowest BCUT2D eigenvalue weighted by atomic mass is 10.8. The molecule has 2 N–H and O–H groups in total. The minimum absolute atomic E-state index is 0. The lowest BCUT2D eigenvalue weighted by molar-refractivity contribution is -0.380. The van der Waals surface area contributed by atoms with Gasteiger partial charge in [0.1, 0.15) is 10.9 Å². The average molecular weight is 404 g/mol. The Kier molecular flexibility index (Phi) is 17.1. The first kappa shape index (κ1) is 21.8. The molecule has 0 fully saturated rings. The van der Waals surface area contributed by atoms with Gasteiger partial charge in [-0.2, -0.15) is 0 Å². The monoisotopic (exact) mass is 402 g/mol. The molecule has 0 aromatic carbocycles. The molecular weight excluding hydrogens is 394 g/mol. The molecular formula is C8H10Cl4N2O2S3. The van der Waals surface area contributed by atoms with Crippen LogP contribution < -0.4 is 17.4 Å². The van der Waals surface area contributed by atoms with Crippen molar-refractivity contribution < 1.29 is 26.7 Å². The van der Waals surface area contributed by atoms with Gasteiger partial charge in [0.2, 0.25) is 9.23 Å². The Balaban J connectivity index is 0. The Morgan fingerprint density at radius 1 is 1.37 bits per heavy atom. The van der Waals surface area contributed by atoms with Crippen molar-refractivity contribution in [3.63, 3.8) is 0 Å². The molecule has 0 aliphatic carbocycles. The van der Waals surface area contributed by atoms with Crippen molar-refractivity contribution >= 4 is 64.9 Å². The normalized spacial score (nSPS) is 8.68. The summed E-state index contributed by atoms with van der Waals surface area (Å²) in [5, 5.41) is 14.1. The van der Waals surface area contributed by atoms with E-state index < -0.39 is 9.23 Å². The number of thiazole rings is 2. The minimum atomic E-state index is -1.67. The molecule has 0 atom stereocenters. The van der Waals surface area contributed by atoms with E-state index in [1.165, 1.54) is 11.3 Å². The zero-order valence-corrected chi connectivity index (χ0v) is 14.7. The Morgan fingerprint density at radius 3 is 2.21 bits per heavy atom. The maximum Gasteiger partial charge on any atom is 0.250 e. The number of hydrogen-bond donors (Lipinski definition) is 1. The molecule has 0 bridgehead atoms. The highest BCUT2D eigenvalue weighted by Crippen LogP contribution is 2.01. The fraction of sp³-hybridized carbons (Fsp3) is 0.250. The van der Waals surface area contributed by atoms with Crippen LogP contribution in [0.5, 0.6) is 0 Å². The number of alkyl halides is 1. The number of aromatic nitrogens is 2. The van der Waals surface area contributed by atoms with Crippen LogP contribution in [0.3, 0.4) is 0 Å². The van der Waals surface area contributed by atoms with E-state index in [-0.39, 0.29) is 19.0 Å². The van der Waals surface area contributed by atoms with Crippen LogP contribution in [-0.2, 0) is 21.7 Å². The Morgan fingerprint density at radius 2 is 2.00 bits per heavy atom. The summed E-state index contributed by atoms with van der Waals surface area (Å²) in [6.07, 6.45) is 3.55. The molecule has 0 unspecified atom stereocenters. The van der Waals surface area contributed by atoms with Gasteiger partial charge in [-0.15, -0.1) is 22.9 Å². The molecule has 0 aliphatic rings. The fourth-order valence-corrected chi connectivity index (χ4v) is 1.92. The number of hydrogen-bond acceptors (Lipinski definition) is 5. The first-order valence-corrected chi connectivity index (χ1v) is 9.43. The van der Waals surface area contributed by atoms with E-state index in [9.17, 15) is 0 Å². The highest BCUT2D eigenvalue weighted by Gasteiger charge is 1.94. The molecule has 0 aliphatic heterocycles. The summed E-state index contributed by atoms with van der Waals surface area (Å²) in [5.41, 5.74) is 0. The third kappa shape index (κ3) is 14.7. The number of aliphatic hydroxyl groups excluding tert-OH is 1. The minimum Gasteiger partial charge on any atom is -1.00 e. The number of nitrogens with one attached hydrogen (secondary N) is 1. The van der Waals surface area contributed by atoms with E-state index >= 15 is 0 Å². The van der Waals surface area contributed by atoms with Gasteiger partial charge in [-0.05, 0) is 0 Å². The van der Waals surface area contributed by atoms with E-state index in [4.69, 9.17) is 20.9 Å². The second kappa shape index (κ2) is 14.9. The number of rotatable bonds is 2. The summed E-state index contributed by atoms with van der Waals surface area (Å²) < 4.78 is 9.09. The first-order valence-electron chi connectivity index (χ1n) is 4.33. The van der Waals surface area contributed by atoms with Gasteiger partial charge in [0.05, 0.1) is 12.0 Å². The number of aliphatic hydroxyl groups is 1. The highest BCUT2D eigenvalue weighted by atomic mass is 36.0. The molecule has 2 aromatic heterocycles. The predicted octanol–water partition coefficient (Wildman–Crippen LogP) is -0.0169. The van der Waals surface area contributed by atoms with E-state index in [1.54, 1.807) is 17.5 Å². The number of H-pyrrole nitrogens is 1. The molecule has 11 heteroatoms. The van der Waals surface area contributed by atoms with Crippen LogP contribution in [0.25, 0.3) is 0 Å². The van der Waals surface area contributed by atoms with Gasteiger partial charge in [-0.1, -0.05) is 11.3 Å². The number of nitrogens with zero attached hydrogens (tertiary/aromatic N) is 1. The van der Waals surface area contributed by atoms with Gasteiger partial charge in [-0.3, -0.25) is 0 Å². The van der Waals surface area contributed by atoms with Crippen molar-refractivity contribution in [1.29, 1.82) is 0 Å². The maximum atomic E-state index is 9.09. The second-order valence-corrected chi connectivity index (χ2v) is 7.16. The van der Waals surface area contributed by atoms with Crippen molar-refractivity contribution in [2.24, 2.45) is 0 Å². The molecule has 110 valence electrons. The SMILES string of the molecule is ClCc1[nH+]ccs1.O=S(Cl)Cl.OCc1nccs1.[Cl-]. The van der Waals surface area contributed by atoms with E-state index in [0.29, 0.717) is 5.88 Å².